The van der Waals surface area contributed by atoms with Gasteiger partial charge in [0.15, 0.2) is 0 Å². The van der Waals surface area contributed by atoms with Crippen LogP contribution in [0.4, 0.5) is 0 Å². The molecule has 494 valence electrons. The van der Waals surface area contributed by atoms with E-state index >= 15 is 0 Å². The number of rotatable bonds is 31. The average Bonchev–Trinajstić information content (AvgIpc) is 2.78. The standard InChI is InChI=1S/C67H104N10O10S2/c1-40(2)50(76(21)62(84)56(65(10,11)12)73-60(82)54(69-18)67(15,16)52-35-44-27-23-25-29-48(44)75(52)20)33-42(5)57(79)70-31-32-89(39-87-38-78)88-37-47(63(85)86)71-58(80)43(6)34-51(41(3)4)77(22)61(83)55(64(7,8)9)72-59(81)53(68-17)66(13,14)46-36-74(19)49-30-26-24-28-45(46)49/h23-30,33-36,38,40-41,47,50-51,53-56,68-69,89H,31-32,37,39H2,1-22H3,(H,70,79)(H,71,80)(H,72,81)(H,73,82)(H,85,86)/b42-33+,43-34+/t47-,50+,51+,53+,54+,55+,56+/m0/s1. The number of carbonyl (C=O) groups excluding carboxylic acids is 7. The number of amides is 6. The maximum Gasteiger partial charge on any atom is 0.327 e. The lowest BCUT2D eigenvalue weighted by atomic mass is 9.76. The summed E-state index contributed by atoms with van der Waals surface area (Å²) in [4.78, 5) is 113. The van der Waals surface area contributed by atoms with Crippen LogP contribution in [0.15, 0.2) is 84.1 Å². The van der Waals surface area contributed by atoms with Gasteiger partial charge in [0.25, 0.3) is 6.47 Å². The van der Waals surface area contributed by atoms with Crippen LogP contribution in [0.5, 0.6) is 0 Å². The van der Waals surface area contributed by atoms with Crippen molar-refractivity contribution in [1.29, 1.82) is 0 Å². The van der Waals surface area contributed by atoms with Crippen molar-refractivity contribution in [1.82, 2.24) is 50.8 Å². The first-order valence-electron chi connectivity index (χ1n) is 30.5. The van der Waals surface area contributed by atoms with Gasteiger partial charge in [-0.2, -0.15) is 9.93 Å². The largest absolute Gasteiger partial charge is 0.480 e. The van der Waals surface area contributed by atoms with Crippen LogP contribution in [0.3, 0.4) is 0 Å². The number of nitrogens with one attached hydrogen (secondary N) is 6. The van der Waals surface area contributed by atoms with E-state index in [-0.39, 0.29) is 59.3 Å². The van der Waals surface area contributed by atoms with Gasteiger partial charge in [-0.25, -0.2) is 4.79 Å². The second-order valence-electron chi connectivity index (χ2n) is 27.4. The highest BCUT2D eigenvalue weighted by Gasteiger charge is 2.45. The molecular formula is C67H104N10O10S2. The van der Waals surface area contributed by atoms with Gasteiger partial charge < -0.3 is 60.7 Å². The second kappa shape index (κ2) is 31.4. The van der Waals surface area contributed by atoms with Crippen LogP contribution in [-0.4, -0.2) is 166 Å². The van der Waals surface area contributed by atoms with Gasteiger partial charge >= 0.3 is 5.97 Å². The molecule has 0 aliphatic carbocycles. The molecule has 89 heavy (non-hydrogen) atoms. The summed E-state index contributed by atoms with van der Waals surface area (Å²) in [5, 5.41) is 30.6. The predicted molar refractivity (Wildman–Crippen MR) is 362 cm³/mol. The lowest BCUT2D eigenvalue weighted by Gasteiger charge is -2.40. The van der Waals surface area contributed by atoms with Crippen molar-refractivity contribution in [3.63, 3.8) is 0 Å². The van der Waals surface area contributed by atoms with E-state index < -0.39 is 91.7 Å². The molecule has 1 unspecified atom stereocenters. The molecule has 0 saturated carbocycles. The number of aromatic nitrogens is 2. The first kappa shape index (κ1) is 74.8. The smallest absolute Gasteiger partial charge is 0.327 e. The van der Waals surface area contributed by atoms with Gasteiger partial charge in [0, 0.05) is 96.5 Å². The number of carboxylic acid groups (broad SMARTS) is 1. The number of carbonyl (C=O) groups is 8. The molecule has 8 atom stereocenters. The number of hydrogen-bond donors (Lipinski definition) is 8. The van der Waals surface area contributed by atoms with Gasteiger partial charge in [0.05, 0.1) is 24.2 Å². The molecule has 0 aliphatic heterocycles. The van der Waals surface area contributed by atoms with E-state index in [9.17, 15) is 43.5 Å². The van der Waals surface area contributed by atoms with Gasteiger partial charge in [-0.3, -0.25) is 33.6 Å². The highest BCUT2D eigenvalue weighted by atomic mass is 33.1. The molecule has 2 aromatic heterocycles. The summed E-state index contributed by atoms with van der Waals surface area (Å²) < 4.78 is 9.27. The Balaban J connectivity index is 1.42. The van der Waals surface area contributed by atoms with Crippen molar-refractivity contribution < 1.29 is 48.2 Å². The number of aliphatic carboxylic acids is 1. The van der Waals surface area contributed by atoms with E-state index in [1.165, 1.54) is 15.7 Å². The Morgan fingerprint density at radius 1 is 0.674 bits per heavy atom. The van der Waals surface area contributed by atoms with Crippen molar-refractivity contribution in [3.8, 4) is 0 Å². The van der Waals surface area contributed by atoms with E-state index in [0.717, 1.165) is 33.1 Å². The minimum absolute atomic E-state index is 0.0407. The Morgan fingerprint density at radius 2 is 1.15 bits per heavy atom. The molecule has 20 nitrogen and oxygen atoms in total. The summed E-state index contributed by atoms with van der Waals surface area (Å²) in [6.07, 6.45) is 5.40. The zero-order valence-corrected chi connectivity index (χ0v) is 58.5. The van der Waals surface area contributed by atoms with Gasteiger partial charge in [0.1, 0.15) is 24.1 Å². The van der Waals surface area contributed by atoms with Crippen molar-refractivity contribution in [2.24, 2.45) is 36.8 Å². The van der Waals surface area contributed by atoms with Crippen LogP contribution in [-0.2, 0) is 68.0 Å². The minimum atomic E-state index is -1.36. The summed E-state index contributed by atoms with van der Waals surface area (Å²) in [7, 11) is 10.6. The summed E-state index contributed by atoms with van der Waals surface area (Å²) in [6.45, 7) is 30.7. The fourth-order valence-corrected chi connectivity index (χ4v) is 15.3. The molecule has 0 bridgehead atoms. The normalized spacial score (nSPS) is 15.8. The van der Waals surface area contributed by atoms with Gasteiger partial charge in [-0.15, -0.1) is 10.8 Å². The first-order chi connectivity index (χ1) is 41.3. The van der Waals surface area contributed by atoms with Crippen molar-refractivity contribution in [3.05, 3.63) is 95.3 Å². The molecule has 22 heteroatoms. The Hall–Kier alpha value is -6.62. The highest BCUT2D eigenvalue weighted by Crippen LogP contribution is 2.41. The van der Waals surface area contributed by atoms with Gasteiger partial charge in [-0.05, 0) is 79.8 Å². The molecule has 0 aliphatic rings. The Kier molecular flexibility index (Phi) is 26.4. The SMILES string of the molecule is CN[C@H](C(=O)N[C@H](C(=O)N(C)[C@H](/C=C(\C)C(=O)N[C@@H](CS[SH](CCNC(=O)/C(C)=C/[C@H](C(C)C)N(C)C(=O)[C@@H](NC(=O)[C@@H](NC)C(C)(C)c1cc2ccccc2n1C)C(C)(C)C)COC=O)C(=O)O)C(C)C)C(C)(C)C)C(C)(C)c1cn(C)c2ccccc12. The zero-order valence-electron chi connectivity index (χ0n) is 56.8. The van der Waals surface area contributed by atoms with E-state index in [1.54, 1.807) is 59.1 Å². The van der Waals surface area contributed by atoms with Crippen molar-refractivity contribution >= 4 is 90.4 Å². The monoisotopic (exact) mass is 1270 g/mol. The third-order valence-corrected chi connectivity index (χ3v) is 21.4. The summed E-state index contributed by atoms with van der Waals surface area (Å²) in [5.41, 5.74) is 1.66. The molecule has 6 amide bonds. The first-order valence-corrected chi connectivity index (χ1v) is 33.8. The maximum atomic E-state index is 14.7. The number of aryl methyl sites for hydroxylation is 2. The van der Waals surface area contributed by atoms with Crippen LogP contribution < -0.4 is 31.9 Å². The molecular weight excluding hydrogens is 1170 g/mol. The molecule has 4 rings (SSSR count). The number of thiol groups is 1. The minimum Gasteiger partial charge on any atom is -0.480 e. The maximum absolute atomic E-state index is 14.7. The van der Waals surface area contributed by atoms with Crippen molar-refractivity contribution in [2.45, 2.75) is 164 Å². The zero-order chi connectivity index (χ0) is 67.4. The predicted octanol–water partition coefficient (Wildman–Crippen LogP) is 7.49. The number of ether oxygens (including phenoxy) is 1. The topological polar surface area (TPSA) is 255 Å². The lowest BCUT2D eigenvalue weighted by molar-refractivity contribution is -0.141. The average molecular weight is 1270 g/mol. The Morgan fingerprint density at radius 3 is 1.61 bits per heavy atom. The van der Waals surface area contributed by atoms with Gasteiger partial charge in [-0.1, -0.05) is 145 Å². The third kappa shape index (κ3) is 18.5. The Bertz CT molecular complexity index is 3220. The lowest BCUT2D eigenvalue weighted by Crippen LogP contribution is -2.61. The number of likely N-dealkylation sites (N-methyl/N-ethyl adjacent to an activating group) is 4. The van der Waals surface area contributed by atoms with E-state index in [2.05, 4.69) is 42.5 Å². The molecule has 0 radical (unpaired) electrons. The Labute approximate surface area is 535 Å². The fourth-order valence-electron chi connectivity index (χ4n) is 11.7. The van der Waals surface area contributed by atoms with Crippen LogP contribution >= 0.6 is 20.7 Å². The second-order valence-corrected chi connectivity index (χ2v) is 32.0. The summed E-state index contributed by atoms with van der Waals surface area (Å²) in [6, 6.07) is 12.2. The van der Waals surface area contributed by atoms with Crippen LogP contribution in [0, 0.1) is 22.7 Å². The third-order valence-electron chi connectivity index (χ3n) is 17.0. The van der Waals surface area contributed by atoms with E-state index in [0.29, 0.717) is 17.8 Å². The number of nitrogens with zero attached hydrogens (tertiary/aromatic N) is 4. The molecule has 2 aromatic carbocycles. The summed E-state index contributed by atoms with van der Waals surface area (Å²) in [5.74, 6) is -3.90. The number of para-hydroxylation sites is 2. The van der Waals surface area contributed by atoms with Gasteiger partial charge in [0.2, 0.25) is 35.4 Å². The van der Waals surface area contributed by atoms with E-state index in [1.807, 2.05) is 170 Å². The number of hydrogen-bond acceptors (Lipinski definition) is 12. The molecule has 4 aromatic rings. The highest BCUT2D eigenvalue weighted by molar-refractivity contribution is 8.85. The molecule has 0 spiro atoms. The van der Waals surface area contributed by atoms with Crippen molar-refractivity contribution in [2.75, 3.05) is 52.2 Å². The van der Waals surface area contributed by atoms with Crippen LogP contribution in [0.25, 0.3) is 21.8 Å². The van der Waals surface area contributed by atoms with E-state index in [4.69, 9.17) is 4.74 Å². The number of carboxylic acids is 1. The fraction of sp³-hybridized carbons (Fsp3) is 0.582. The van der Waals surface area contributed by atoms with Crippen LogP contribution in [0.2, 0.25) is 0 Å². The number of benzene rings is 2. The number of fused-ring (bicyclic) bond motifs is 2. The molecule has 7 N–H and O–H groups in total. The molecule has 0 saturated heterocycles. The summed E-state index contributed by atoms with van der Waals surface area (Å²) >= 11 is 0. The molecule has 0 fully saturated rings. The van der Waals surface area contributed by atoms with Crippen LogP contribution in [0.1, 0.15) is 122 Å². The quantitative estimate of drug-likeness (QED) is 0.0105. The molecule has 2 heterocycles.